The molecule has 21 heavy (non-hydrogen) atoms. The molecule has 1 saturated heterocycles. The van der Waals surface area contributed by atoms with Crippen LogP contribution in [-0.2, 0) is 9.53 Å². The average molecular weight is 292 g/mol. The highest BCUT2D eigenvalue weighted by molar-refractivity contribution is 5.83. The van der Waals surface area contributed by atoms with E-state index in [9.17, 15) is 4.79 Å². The van der Waals surface area contributed by atoms with Crippen LogP contribution in [0.4, 0.5) is 0 Å². The van der Waals surface area contributed by atoms with Crippen molar-refractivity contribution in [3.63, 3.8) is 0 Å². The first kappa shape index (κ1) is 15.5. The molecule has 1 atom stereocenters. The van der Waals surface area contributed by atoms with Gasteiger partial charge in [0, 0.05) is 18.4 Å². The lowest BCUT2D eigenvalue weighted by Crippen LogP contribution is -2.44. The molecule has 0 amide bonds. The van der Waals surface area contributed by atoms with E-state index in [0.29, 0.717) is 23.0 Å². The standard InChI is InChI=1S/C19H32O2/c1-18(2)11-6-15(7-12-18)17(20)16-8-13-21-19(14-16)9-4-3-5-10-19/h15-16H,3-14H2,1-2H3. The minimum atomic E-state index is 0.0742. The Kier molecular flexibility index (Phi) is 4.45. The van der Waals surface area contributed by atoms with Crippen LogP contribution in [0, 0.1) is 17.3 Å². The number of hydrogen-bond donors (Lipinski definition) is 0. The molecule has 3 aliphatic rings. The molecule has 2 saturated carbocycles. The molecule has 0 aromatic rings. The zero-order valence-corrected chi connectivity index (χ0v) is 14.0. The van der Waals surface area contributed by atoms with E-state index in [-0.39, 0.29) is 5.60 Å². The van der Waals surface area contributed by atoms with Gasteiger partial charge < -0.3 is 4.74 Å². The number of carbonyl (C=O) groups is 1. The summed E-state index contributed by atoms with van der Waals surface area (Å²) in [7, 11) is 0. The van der Waals surface area contributed by atoms with E-state index in [2.05, 4.69) is 13.8 Å². The van der Waals surface area contributed by atoms with Gasteiger partial charge in [0.25, 0.3) is 0 Å². The molecule has 1 unspecified atom stereocenters. The number of hydrogen-bond acceptors (Lipinski definition) is 2. The van der Waals surface area contributed by atoms with Crippen molar-refractivity contribution in [1.82, 2.24) is 0 Å². The summed E-state index contributed by atoms with van der Waals surface area (Å²) in [6.07, 6.45) is 13.0. The molecule has 0 N–H and O–H groups in total. The van der Waals surface area contributed by atoms with Crippen LogP contribution in [0.2, 0.25) is 0 Å². The van der Waals surface area contributed by atoms with Crippen LogP contribution in [0.15, 0.2) is 0 Å². The molecule has 3 fully saturated rings. The first-order chi connectivity index (χ1) is 10.00. The van der Waals surface area contributed by atoms with Crippen molar-refractivity contribution < 1.29 is 9.53 Å². The third-order valence-corrected chi connectivity index (χ3v) is 6.40. The molecule has 0 bridgehead atoms. The quantitative estimate of drug-likeness (QED) is 0.723. The van der Waals surface area contributed by atoms with Crippen molar-refractivity contribution in [3.8, 4) is 0 Å². The maximum absolute atomic E-state index is 12.9. The second-order valence-corrected chi connectivity index (χ2v) is 8.62. The summed E-state index contributed by atoms with van der Waals surface area (Å²) in [4.78, 5) is 12.9. The van der Waals surface area contributed by atoms with Crippen molar-refractivity contribution in [2.24, 2.45) is 17.3 Å². The second kappa shape index (κ2) is 6.02. The fraction of sp³-hybridized carbons (Fsp3) is 0.947. The van der Waals surface area contributed by atoms with E-state index in [1.54, 1.807) is 0 Å². The van der Waals surface area contributed by atoms with Gasteiger partial charge in [0.1, 0.15) is 5.78 Å². The fourth-order valence-corrected chi connectivity index (χ4v) is 4.83. The molecular weight excluding hydrogens is 260 g/mol. The van der Waals surface area contributed by atoms with Gasteiger partial charge in [-0.25, -0.2) is 0 Å². The van der Waals surface area contributed by atoms with Crippen molar-refractivity contribution in [3.05, 3.63) is 0 Å². The van der Waals surface area contributed by atoms with Gasteiger partial charge in [0.05, 0.1) is 5.60 Å². The molecule has 0 radical (unpaired) electrons. The molecule has 120 valence electrons. The van der Waals surface area contributed by atoms with Gasteiger partial charge in [0.15, 0.2) is 0 Å². The van der Waals surface area contributed by atoms with Gasteiger partial charge in [-0.15, -0.1) is 0 Å². The molecule has 1 aliphatic heterocycles. The number of carbonyl (C=O) groups excluding carboxylic acids is 1. The van der Waals surface area contributed by atoms with E-state index in [0.717, 1.165) is 32.3 Å². The van der Waals surface area contributed by atoms with Crippen LogP contribution in [0.5, 0.6) is 0 Å². The first-order valence-electron chi connectivity index (χ1n) is 9.18. The largest absolute Gasteiger partial charge is 0.375 e. The van der Waals surface area contributed by atoms with E-state index in [1.807, 2.05) is 0 Å². The minimum absolute atomic E-state index is 0.0742. The Balaban J connectivity index is 1.59. The Morgan fingerprint density at radius 3 is 2.24 bits per heavy atom. The van der Waals surface area contributed by atoms with E-state index in [4.69, 9.17) is 4.74 Å². The number of ketones is 1. The third kappa shape index (κ3) is 3.52. The van der Waals surface area contributed by atoms with Crippen molar-refractivity contribution in [2.75, 3.05) is 6.61 Å². The van der Waals surface area contributed by atoms with Gasteiger partial charge >= 0.3 is 0 Å². The molecule has 2 nitrogen and oxygen atoms in total. The van der Waals surface area contributed by atoms with Gasteiger partial charge in [-0.05, 0) is 56.8 Å². The lowest BCUT2D eigenvalue weighted by Gasteiger charge is -2.44. The van der Waals surface area contributed by atoms with E-state index >= 15 is 0 Å². The minimum Gasteiger partial charge on any atom is -0.375 e. The lowest BCUT2D eigenvalue weighted by molar-refractivity contribution is -0.147. The van der Waals surface area contributed by atoms with Crippen LogP contribution in [0.1, 0.15) is 84.5 Å². The predicted octanol–water partition coefficient (Wildman–Crippen LogP) is 4.90. The van der Waals surface area contributed by atoms with Crippen LogP contribution >= 0.6 is 0 Å². The summed E-state index contributed by atoms with van der Waals surface area (Å²) in [6.45, 7) is 5.51. The smallest absolute Gasteiger partial charge is 0.139 e. The first-order valence-corrected chi connectivity index (χ1v) is 9.18. The molecule has 0 aromatic heterocycles. The van der Waals surface area contributed by atoms with Gasteiger partial charge in [0.2, 0.25) is 0 Å². The lowest BCUT2D eigenvalue weighted by atomic mass is 9.68. The van der Waals surface area contributed by atoms with Crippen LogP contribution in [0.3, 0.4) is 0 Å². The molecule has 2 aliphatic carbocycles. The van der Waals surface area contributed by atoms with Crippen molar-refractivity contribution >= 4 is 5.78 Å². The van der Waals surface area contributed by atoms with E-state index < -0.39 is 0 Å². The highest BCUT2D eigenvalue weighted by Gasteiger charge is 2.42. The molecule has 1 heterocycles. The zero-order valence-electron chi connectivity index (χ0n) is 14.0. The van der Waals surface area contributed by atoms with Crippen LogP contribution in [0.25, 0.3) is 0 Å². The van der Waals surface area contributed by atoms with Crippen LogP contribution < -0.4 is 0 Å². The summed E-state index contributed by atoms with van der Waals surface area (Å²) in [6, 6.07) is 0. The maximum Gasteiger partial charge on any atom is 0.139 e. The summed E-state index contributed by atoms with van der Waals surface area (Å²) in [5, 5.41) is 0. The molecule has 2 heteroatoms. The molecule has 1 spiro atoms. The van der Waals surface area contributed by atoms with Gasteiger partial charge in [-0.3, -0.25) is 4.79 Å². The monoisotopic (exact) mass is 292 g/mol. The highest BCUT2D eigenvalue weighted by Crippen LogP contribution is 2.44. The molecular formula is C19H32O2. The Hall–Kier alpha value is -0.370. The Labute approximate surface area is 130 Å². The number of rotatable bonds is 2. The van der Waals surface area contributed by atoms with Gasteiger partial charge in [-0.1, -0.05) is 33.1 Å². The maximum atomic E-state index is 12.9. The highest BCUT2D eigenvalue weighted by atomic mass is 16.5. The predicted molar refractivity (Wildman–Crippen MR) is 85.2 cm³/mol. The normalized spacial score (nSPS) is 33.0. The van der Waals surface area contributed by atoms with E-state index in [1.165, 1.54) is 44.9 Å². The van der Waals surface area contributed by atoms with Crippen molar-refractivity contribution in [1.29, 1.82) is 0 Å². The third-order valence-electron chi connectivity index (χ3n) is 6.40. The summed E-state index contributed by atoms with van der Waals surface area (Å²) < 4.78 is 6.16. The fourth-order valence-electron chi connectivity index (χ4n) is 4.83. The van der Waals surface area contributed by atoms with Crippen LogP contribution in [-0.4, -0.2) is 18.0 Å². The summed E-state index contributed by atoms with van der Waals surface area (Å²) >= 11 is 0. The van der Waals surface area contributed by atoms with Gasteiger partial charge in [-0.2, -0.15) is 0 Å². The topological polar surface area (TPSA) is 26.3 Å². The molecule has 0 aromatic carbocycles. The summed E-state index contributed by atoms with van der Waals surface area (Å²) in [5.74, 6) is 1.23. The zero-order chi connectivity index (χ0) is 14.9. The number of Topliss-reactive ketones (excluding diaryl/α,β-unsaturated/α-hetero) is 1. The average Bonchev–Trinajstić information content (AvgIpc) is 2.47. The Bertz CT molecular complexity index is 364. The second-order valence-electron chi connectivity index (χ2n) is 8.62. The Morgan fingerprint density at radius 1 is 0.905 bits per heavy atom. The summed E-state index contributed by atoms with van der Waals surface area (Å²) in [5.41, 5.74) is 0.530. The SMILES string of the molecule is CC1(C)CCC(C(=O)C2CCOC3(CCCCC3)C2)CC1. The van der Waals surface area contributed by atoms with Crippen molar-refractivity contribution in [2.45, 2.75) is 90.1 Å². The molecule has 3 rings (SSSR count). The number of ether oxygens (including phenoxy) is 1. The Morgan fingerprint density at radius 2 is 1.57 bits per heavy atom.